The molecule has 8 heteroatoms. The monoisotopic (exact) mass is 431 g/mol. The average Bonchev–Trinajstić information content (AvgIpc) is 2.81. The Bertz CT molecular complexity index is 845. The second-order valence-corrected chi connectivity index (χ2v) is 6.56. The normalized spacial score (nSPS) is 11.0. The summed E-state index contributed by atoms with van der Waals surface area (Å²) in [4.78, 5) is 4.68. The standard InChI is InChI=1S/C23H33N3O5/c1-7-24-23(26-15-16-8-9-17(27-2)12-20(16)29-4)25-11-10-19-21(30-5)13-18(28-3)14-22(19)31-6/h8-9,12-14H,7,10-11,15H2,1-6H3,(H2,24,25,26). The van der Waals surface area contributed by atoms with Crippen molar-refractivity contribution in [1.29, 1.82) is 0 Å². The molecule has 0 radical (unpaired) electrons. The van der Waals surface area contributed by atoms with Gasteiger partial charge in [0.2, 0.25) is 0 Å². The quantitative estimate of drug-likeness (QED) is 0.418. The first kappa shape index (κ1) is 24.0. The van der Waals surface area contributed by atoms with E-state index in [-0.39, 0.29) is 0 Å². The van der Waals surface area contributed by atoms with Gasteiger partial charge in [-0.05, 0) is 25.5 Å². The van der Waals surface area contributed by atoms with Crippen LogP contribution in [0.5, 0.6) is 28.7 Å². The minimum absolute atomic E-state index is 0.470. The van der Waals surface area contributed by atoms with Gasteiger partial charge in [0.05, 0.1) is 42.1 Å². The Morgan fingerprint density at radius 2 is 1.39 bits per heavy atom. The van der Waals surface area contributed by atoms with Crippen LogP contribution >= 0.6 is 0 Å². The van der Waals surface area contributed by atoms with Gasteiger partial charge in [0.1, 0.15) is 28.7 Å². The third kappa shape index (κ3) is 6.60. The summed E-state index contributed by atoms with van der Waals surface area (Å²) in [5.41, 5.74) is 1.94. The molecule has 0 saturated heterocycles. The first-order chi connectivity index (χ1) is 15.1. The van der Waals surface area contributed by atoms with E-state index in [9.17, 15) is 0 Å². The first-order valence-corrected chi connectivity index (χ1v) is 10.1. The van der Waals surface area contributed by atoms with Crippen molar-refractivity contribution >= 4 is 5.96 Å². The Labute approximate surface area is 184 Å². The number of nitrogens with zero attached hydrogens (tertiary/aromatic N) is 1. The van der Waals surface area contributed by atoms with E-state index in [1.54, 1.807) is 35.5 Å². The molecule has 0 unspecified atom stereocenters. The summed E-state index contributed by atoms with van der Waals surface area (Å²) in [5.74, 6) is 4.34. The molecule has 2 aromatic carbocycles. The lowest BCUT2D eigenvalue weighted by molar-refractivity contribution is 0.368. The van der Waals surface area contributed by atoms with Crippen LogP contribution in [0.15, 0.2) is 35.3 Å². The van der Waals surface area contributed by atoms with E-state index < -0.39 is 0 Å². The van der Waals surface area contributed by atoms with Crippen molar-refractivity contribution in [3.8, 4) is 28.7 Å². The van der Waals surface area contributed by atoms with Crippen LogP contribution in [0.3, 0.4) is 0 Å². The highest BCUT2D eigenvalue weighted by atomic mass is 16.5. The van der Waals surface area contributed by atoms with E-state index in [1.807, 2.05) is 37.3 Å². The molecule has 170 valence electrons. The van der Waals surface area contributed by atoms with Crippen molar-refractivity contribution < 1.29 is 23.7 Å². The molecule has 0 spiro atoms. The van der Waals surface area contributed by atoms with Gasteiger partial charge in [0.25, 0.3) is 0 Å². The minimum Gasteiger partial charge on any atom is -0.497 e. The highest BCUT2D eigenvalue weighted by Crippen LogP contribution is 2.34. The van der Waals surface area contributed by atoms with E-state index in [0.29, 0.717) is 31.2 Å². The van der Waals surface area contributed by atoms with Crippen LogP contribution in [0.25, 0.3) is 0 Å². The fraction of sp³-hybridized carbons (Fsp3) is 0.435. The lowest BCUT2D eigenvalue weighted by atomic mass is 10.1. The van der Waals surface area contributed by atoms with Crippen LogP contribution < -0.4 is 34.3 Å². The van der Waals surface area contributed by atoms with Gasteiger partial charge < -0.3 is 34.3 Å². The molecule has 2 N–H and O–H groups in total. The minimum atomic E-state index is 0.470. The van der Waals surface area contributed by atoms with Crippen molar-refractivity contribution in [2.45, 2.75) is 19.9 Å². The predicted octanol–water partition coefficient (Wildman–Crippen LogP) is 3.03. The summed E-state index contributed by atoms with van der Waals surface area (Å²) >= 11 is 0. The second-order valence-electron chi connectivity index (χ2n) is 6.56. The molecule has 8 nitrogen and oxygen atoms in total. The fourth-order valence-corrected chi connectivity index (χ4v) is 3.12. The number of guanidine groups is 1. The summed E-state index contributed by atoms with van der Waals surface area (Å²) in [6, 6.07) is 9.42. The lowest BCUT2D eigenvalue weighted by Gasteiger charge is -2.16. The highest BCUT2D eigenvalue weighted by Gasteiger charge is 2.13. The summed E-state index contributed by atoms with van der Waals surface area (Å²) < 4.78 is 27.1. The zero-order valence-corrected chi connectivity index (χ0v) is 19.2. The number of benzene rings is 2. The zero-order chi connectivity index (χ0) is 22.6. The Morgan fingerprint density at radius 1 is 0.774 bits per heavy atom. The summed E-state index contributed by atoms with van der Waals surface area (Å²) in [6.45, 7) is 3.89. The van der Waals surface area contributed by atoms with Gasteiger partial charge in [0, 0.05) is 42.4 Å². The summed E-state index contributed by atoms with van der Waals surface area (Å²) in [6.07, 6.45) is 0.687. The van der Waals surface area contributed by atoms with Gasteiger partial charge in [0.15, 0.2) is 5.96 Å². The molecule has 0 amide bonds. The predicted molar refractivity (Wildman–Crippen MR) is 122 cm³/mol. The number of hydrogen-bond donors (Lipinski definition) is 2. The zero-order valence-electron chi connectivity index (χ0n) is 19.2. The third-order valence-corrected chi connectivity index (χ3v) is 4.73. The van der Waals surface area contributed by atoms with Crippen molar-refractivity contribution in [2.75, 3.05) is 48.6 Å². The second kappa shape index (κ2) is 12.4. The van der Waals surface area contributed by atoms with Gasteiger partial charge in [-0.25, -0.2) is 4.99 Å². The summed E-state index contributed by atoms with van der Waals surface area (Å²) in [7, 11) is 8.16. The smallest absolute Gasteiger partial charge is 0.191 e. The number of aliphatic imine (C=N–C) groups is 1. The van der Waals surface area contributed by atoms with Crippen LogP contribution in [0.1, 0.15) is 18.1 Å². The van der Waals surface area contributed by atoms with Crippen LogP contribution in [0.2, 0.25) is 0 Å². The largest absolute Gasteiger partial charge is 0.497 e. The fourth-order valence-electron chi connectivity index (χ4n) is 3.12. The van der Waals surface area contributed by atoms with Crippen LogP contribution in [-0.2, 0) is 13.0 Å². The Hall–Kier alpha value is -3.29. The van der Waals surface area contributed by atoms with E-state index in [1.165, 1.54) is 0 Å². The number of methoxy groups -OCH3 is 5. The maximum absolute atomic E-state index is 5.53. The SMILES string of the molecule is CCNC(=NCc1ccc(OC)cc1OC)NCCc1c(OC)cc(OC)cc1OC. The van der Waals surface area contributed by atoms with Crippen molar-refractivity contribution in [3.05, 3.63) is 41.5 Å². The molecule has 2 rings (SSSR count). The Kier molecular flexibility index (Phi) is 9.61. The average molecular weight is 432 g/mol. The van der Waals surface area contributed by atoms with Gasteiger partial charge in [-0.15, -0.1) is 0 Å². The van der Waals surface area contributed by atoms with Crippen molar-refractivity contribution in [2.24, 2.45) is 4.99 Å². The number of nitrogens with one attached hydrogen (secondary N) is 2. The molecular formula is C23H33N3O5. The van der Waals surface area contributed by atoms with Gasteiger partial charge in [-0.2, -0.15) is 0 Å². The molecule has 0 atom stereocenters. The number of hydrogen-bond acceptors (Lipinski definition) is 6. The number of ether oxygens (including phenoxy) is 5. The van der Waals surface area contributed by atoms with Gasteiger partial charge in [-0.1, -0.05) is 0 Å². The van der Waals surface area contributed by atoms with E-state index >= 15 is 0 Å². The van der Waals surface area contributed by atoms with Crippen molar-refractivity contribution in [3.63, 3.8) is 0 Å². The van der Waals surface area contributed by atoms with E-state index in [0.717, 1.165) is 40.7 Å². The van der Waals surface area contributed by atoms with Crippen molar-refractivity contribution in [1.82, 2.24) is 10.6 Å². The van der Waals surface area contributed by atoms with E-state index in [4.69, 9.17) is 23.7 Å². The Balaban J connectivity index is 2.10. The molecule has 2 aromatic rings. The van der Waals surface area contributed by atoms with E-state index in [2.05, 4.69) is 15.6 Å². The van der Waals surface area contributed by atoms with Crippen LogP contribution in [-0.4, -0.2) is 54.6 Å². The molecule has 31 heavy (non-hydrogen) atoms. The molecule has 0 aromatic heterocycles. The number of rotatable bonds is 11. The van der Waals surface area contributed by atoms with Crippen LogP contribution in [0, 0.1) is 0 Å². The molecule has 0 bridgehead atoms. The highest BCUT2D eigenvalue weighted by molar-refractivity contribution is 5.79. The molecule has 0 fully saturated rings. The Morgan fingerprint density at radius 3 is 1.94 bits per heavy atom. The molecular weight excluding hydrogens is 398 g/mol. The molecule has 0 heterocycles. The maximum Gasteiger partial charge on any atom is 0.191 e. The van der Waals surface area contributed by atoms with Crippen LogP contribution in [0.4, 0.5) is 0 Å². The lowest BCUT2D eigenvalue weighted by Crippen LogP contribution is -2.38. The van der Waals surface area contributed by atoms with Gasteiger partial charge in [-0.3, -0.25) is 0 Å². The third-order valence-electron chi connectivity index (χ3n) is 4.73. The molecule has 0 aliphatic rings. The van der Waals surface area contributed by atoms with Gasteiger partial charge >= 0.3 is 0 Å². The molecule has 0 saturated carbocycles. The summed E-state index contributed by atoms with van der Waals surface area (Å²) in [5, 5.41) is 6.63. The topological polar surface area (TPSA) is 82.6 Å². The molecule has 0 aliphatic heterocycles. The maximum atomic E-state index is 5.53. The first-order valence-electron chi connectivity index (χ1n) is 10.1. The molecule has 0 aliphatic carbocycles.